The number of hydrogen-bond acceptors (Lipinski definition) is 5. The second-order valence-corrected chi connectivity index (χ2v) is 8.08. The number of hydrogen-bond donors (Lipinski definition) is 2. The zero-order chi connectivity index (χ0) is 19.6. The van der Waals surface area contributed by atoms with Gasteiger partial charge in [0.2, 0.25) is 12.7 Å². The van der Waals surface area contributed by atoms with Crippen LogP contribution < -0.4 is 14.8 Å². The van der Waals surface area contributed by atoms with E-state index in [4.69, 9.17) is 14.2 Å². The van der Waals surface area contributed by atoms with E-state index >= 15 is 0 Å². The second kappa shape index (κ2) is 7.99. The summed E-state index contributed by atoms with van der Waals surface area (Å²) in [5.41, 5.74) is 0.905. The number of rotatable bonds is 5. The Hall–Kier alpha value is -2.28. The van der Waals surface area contributed by atoms with Crippen molar-refractivity contribution < 1.29 is 28.9 Å². The largest absolute Gasteiger partial charge is 0.481 e. The minimum Gasteiger partial charge on any atom is -0.481 e. The van der Waals surface area contributed by atoms with Crippen LogP contribution >= 0.6 is 0 Å². The SMILES string of the molecule is O=C(O)C1CCCC(C(=O)NCC2(c3ccc4c(c3)OCO4)CCOCC2)C1. The summed E-state index contributed by atoms with van der Waals surface area (Å²) < 4.78 is 16.5. The van der Waals surface area contributed by atoms with Crippen LogP contribution in [0.25, 0.3) is 0 Å². The number of carboxylic acid groups (broad SMARTS) is 1. The summed E-state index contributed by atoms with van der Waals surface area (Å²) in [6.07, 6.45) is 4.27. The molecule has 28 heavy (non-hydrogen) atoms. The van der Waals surface area contributed by atoms with Gasteiger partial charge in [0.1, 0.15) is 0 Å². The molecule has 2 N–H and O–H groups in total. The lowest BCUT2D eigenvalue weighted by Crippen LogP contribution is -2.46. The predicted molar refractivity (Wildman–Crippen MR) is 100 cm³/mol. The summed E-state index contributed by atoms with van der Waals surface area (Å²) in [7, 11) is 0. The molecule has 2 heterocycles. The number of benzene rings is 1. The van der Waals surface area contributed by atoms with E-state index in [1.54, 1.807) is 0 Å². The van der Waals surface area contributed by atoms with Gasteiger partial charge in [0.15, 0.2) is 11.5 Å². The summed E-state index contributed by atoms with van der Waals surface area (Å²) in [4.78, 5) is 24.1. The van der Waals surface area contributed by atoms with Gasteiger partial charge in [0, 0.05) is 31.1 Å². The van der Waals surface area contributed by atoms with Crippen molar-refractivity contribution in [1.29, 1.82) is 0 Å². The number of carboxylic acids is 1. The summed E-state index contributed by atoms with van der Waals surface area (Å²) >= 11 is 0. The van der Waals surface area contributed by atoms with Gasteiger partial charge in [-0.2, -0.15) is 0 Å². The van der Waals surface area contributed by atoms with Crippen molar-refractivity contribution in [2.24, 2.45) is 11.8 Å². The fourth-order valence-electron chi connectivity index (χ4n) is 4.61. The minimum absolute atomic E-state index is 0.0300. The average molecular weight is 389 g/mol. The number of carbonyl (C=O) groups is 2. The first-order valence-electron chi connectivity index (χ1n) is 10.1. The Morgan fingerprint density at radius 3 is 2.64 bits per heavy atom. The summed E-state index contributed by atoms with van der Waals surface area (Å²) in [5, 5.41) is 12.4. The average Bonchev–Trinajstić information content (AvgIpc) is 3.20. The molecule has 0 aromatic heterocycles. The first-order valence-corrected chi connectivity index (χ1v) is 10.1. The van der Waals surface area contributed by atoms with Gasteiger partial charge in [-0.1, -0.05) is 12.5 Å². The van der Waals surface area contributed by atoms with Gasteiger partial charge in [-0.05, 0) is 49.8 Å². The first-order chi connectivity index (χ1) is 13.6. The van der Waals surface area contributed by atoms with E-state index < -0.39 is 11.9 Å². The highest BCUT2D eigenvalue weighted by Crippen LogP contribution is 2.40. The molecule has 1 saturated carbocycles. The molecule has 1 aromatic carbocycles. The third-order valence-corrected chi connectivity index (χ3v) is 6.43. The fraction of sp³-hybridized carbons (Fsp3) is 0.619. The Balaban J connectivity index is 1.46. The number of ether oxygens (including phenoxy) is 3. The Morgan fingerprint density at radius 1 is 1.11 bits per heavy atom. The number of nitrogens with one attached hydrogen (secondary N) is 1. The predicted octanol–water partition coefficient (Wildman–Crippen LogP) is 2.47. The van der Waals surface area contributed by atoms with Gasteiger partial charge in [-0.3, -0.25) is 9.59 Å². The number of fused-ring (bicyclic) bond motifs is 1. The van der Waals surface area contributed by atoms with Gasteiger partial charge in [0.25, 0.3) is 0 Å². The quantitative estimate of drug-likeness (QED) is 0.804. The molecule has 2 atom stereocenters. The molecule has 152 valence electrons. The van der Waals surface area contributed by atoms with Crippen LogP contribution in [0.3, 0.4) is 0 Å². The molecule has 0 spiro atoms. The molecule has 3 aliphatic rings. The Bertz CT molecular complexity index is 742. The lowest BCUT2D eigenvalue weighted by molar-refractivity contribution is -0.144. The number of amides is 1. The van der Waals surface area contributed by atoms with Crippen LogP contribution in [0.1, 0.15) is 44.1 Å². The standard InChI is InChI=1S/C21H27NO6/c23-19(14-2-1-3-15(10-14)20(24)25)22-12-21(6-8-26-9-7-21)16-4-5-17-18(11-16)28-13-27-17/h4-5,11,14-15H,1-3,6-10,12-13H2,(H,22,23)(H,24,25). The van der Waals surface area contributed by atoms with Crippen LogP contribution in [0.2, 0.25) is 0 Å². The zero-order valence-electron chi connectivity index (χ0n) is 15.9. The van der Waals surface area contributed by atoms with Crippen molar-refractivity contribution in [2.75, 3.05) is 26.6 Å². The molecule has 1 saturated heterocycles. The highest BCUT2D eigenvalue weighted by Gasteiger charge is 2.37. The maximum absolute atomic E-state index is 12.8. The maximum atomic E-state index is 12.8. The van der Waals surface area contributed by atoms with Crippen molar-refractivity contribution in [3.8, 4) is 11.5 Å². The molecule has 7 nitrogen and oxygen atoms in total. The minimum atomic E-state index is -0.793. The van der Waals surface area contributed by atoms with Gasteiger partial charge >= 0.3 is 5.97 Å². The van der Waals surface area contributed by atoms with Crippen LogP contribution in [-0.4, -0.2) is 43.5 Å². The Morgan fingerprint density at radius 2 is 1.86 bits per heavy atom. The van der Waals surface area contributed by atoms with Gasteiger partial charge in [-0.15, -0.1) is 0 Å². The van der Waals surface area contributed by atoms with Crippen LogP contribution in [-0.2, 0) is 19.7 Å². The van der Waals surface area contributed by atoms with E-state index in [0.717, 1.165) is 42.7 Å². The highest BCUT2D eigenvalue weighted by molar-refractivity contribution is 5.80. The zero-order valence-corrected chi connectivity index (χ0v) is 15.9. The third-order valence-electron chi connectivity index (χ3n) is 6.43. The van der Waals surface area contributed by atoms with E-state index in [1.807, 2.05) is 18.2 Å². The van der Waals surface area contributed by atoms with Gasteiger partial charge in [-0.25, -0.2) is 0 Å². The van der Waals surface area contributed by atoms with E-state index in [-0.39, 0.29) is 24.0 Å². The highest BCUT2D eigenvalue weighted by atomic mass is 16.7. The van der Waals surface area contributed by atoms with Crippen molar-refractivity contribution in [1.82, 2.24) is 5.32 Å². The lowest BCUT2D eigenvalue weighted by atomic mass is 9.73. The summed E-state index contributed by atoms with van der Waals surface area (Å²) in [6.45, 7) is 2.05. The summed E-state index contributed by atoms with van der Waals surface area (Å²) in [6, 6.07) is 5.99. The number of carbonyl (C=O) groups excluding carboxylic acids is 1. The van der Waals surface area contributed by atoms with E-state index in [2.05, 4.69) is 5.32 Å². The Kier molecular flexibility index (Phi) is 5.44. The van der Waals surface area contributed by atoms with Crippen molar-refractivity contribution >= 4 is 11.9 Å². The van der Waals surface area contributed by atoms with Crippen LogP contribution in [0, 0.1) is 11.8 Å². The van der Waals surface area contributed by atoms with E-state index in [0.29, 0.717) is 32.6 Å². The van der Waals surface area contributed by atoms with Crippen molar-refractivity contribution in [3.05, 3.63) is 23.8 Å². The van der Waals surface area contributed by atoms with Crippen molar-refractivity contribution in [3.63, 3.8) is 0 Å². The maximum Gasteiger partial charge on any atom is 0.306 e. The topological polar surface area (TPSA) is 94.1 Å². The monoisotopic (exact) mass is 389 g/mol. The molecular formula is C21H27NO6. The summed E-state index contributed by atoms with van der Waals surface area (Å²) in [5.74, 6) is 0.0402. The fourth-order valence-corrected chi connectivity index (χ4v) is 4.61. The third kappa shape index (κ3) is 3.81. The van der Waals surface area contributed by atoms with Crippen LogP contribution in [0.15, 0.2) is 18.2 Å². The molecule has 4 rings (SSSR count). The van der Waals surface area contributed by atoms with Gasteiger partial charge in [0.05, 0.1) is 5.92 Å². The molecule has 2 aliphatic heterocycles. The van der Waals surface area contributed by atoms with Crippen LogP contribution in [0.4, 0.5) is 0 Å². The smallest absolute Gasteiger partial charge is 0.306 e. The first kappa shape index (κ1) is 19.1. The molecule has 2 fully saturated rings. The molecular weight excluding hydrogens is 362 g/mol. The molecule has 7 heteroatoms. The molecule has 0 bridgehead atoms. The molecule has 0 radical (unpaired) electrons. The van der Waals surface area contributed by atoms with Gasteiger partial charge < -0.3 is 24.6 Å². The normalized spacial score (nSPS) is 25.9. The molecule has 2 unspecified atom stereocenters. The van der Waals surface area contributed by atoms with Crippen molar-refractivity contribution in [2.45, 2.75) is 43.9 Å². The molecule has 1 aliphatic carbocycles. The number of aliphatic carboxylic acids is 1. The van der Waals surface area contributed by atoms with Crippen LogP contribution in [0.5, 0.6) is 11.5 Å². The molecule has 1 amide bonds. The second-order valence-electron chi connectivity index (χ2n) is 8.08. The Labute approximate surface area is 164 Å². The lowest BCUT2D eigenvalue weighted by Gasteiger charge is -2.38. The van der Waals surface area contributed by atoms with E-state index in [1.165, 1.54) is 0 Å². The molecule has 1 aromatic rings. The van der Waals surface area contributed by atoms with E-state index in [9.17, 15) is 14.7 Å².